The van der Waals surface area contributed by atoms with Gasteiger partial charge in [-0.1, -0.05) is 170 Å². The van der Waals surface area contributed by atoms with Gasteiger partial charge in [-0.15, -0.1) is 0 Å². The fourth-order valence-electron chi connectivity index (χ4n) is 9.48. The van der Waals surface area contributed by atoms with Crippen LogP contribution in [0, 0.1) is 0 Å². The molecule has 0 saturated carbocycles. The van der Waals surface area contributed by atoms with Crippen molar-refractivity contribution in [3.63, 3.8) is 0 Å². The van der Waals surface area contributed by atoms with Crippen molar-refractivity contribution in [3.05, 3.63) is 231 Å². The molecule has 10 aromatic carbocycles. The molecule has 0 spiro atoms. The number of aromatic nitrogens is 2. The maximum absolute atomic E-state index is 2.47. The van der Waals surface area contributed by atoms with Gasteiger partial charge in [-0.3, -0.25) is 0 Å². The van der Waals surface area contributed by atoms with E-state index in [0.29, 0.717) is 0 Å². The average Bonchev–Trinajstić information content (AvgIpc) is 3.84. The van der Waals surface area contributed by atoms with Crippen LogP contribution in [0.25, 0.3) is 110 Å². The zero-order valence-corrected chi connectivity index (χ0v) is 32.8. The van der Waals surface area contributed by atoms with Crippen LogP contribution in [-0.4, -0.2) is 9.13 Å². The molecule has 0 N–H and O–H groups in total. The summed E-state index contributed by atoms with van der Waals surface area (Å²) in [5.74, 6) is 0. The second-order valence-electron chi connectivity index (χ2n) is 15.7. The van der Waals surface area contributed by atoms with Gasteiger partial charge in [-0.05, 0) is 116 Å². The van der Waals surface area contributed by atoms with Gasteiger partial charge in [0.1, 0.15) is 0 Å². The van der Waals surface area contributed by atoms with Crippen LogP contribution in [0.4, 0.5) is 0 Å². The highest BCUT2D eigenvalue weighted by molar-refractivity contribution is 6.12. The van der Waals surface area contributed by atoms with Gasteiger partial charge in [-0.25, -0.2) is 0 Å². The number of hydrogen-bond acceptors (Lipinski definition) is 0. The summed E-state index contributed by atoms with van der Waals surface area (Å²) in [5, 5.41) is 7.50. The van der Waals surface area contributed by atoms with Crippen LogP contribution >= 0.6 is 0 Å². The van der Waals surface area contributed by atoms with Gasteiger partial charge in [0.05, 0.1) is 22.1 Å². The lowest BCUT2D eigenvalue weighted by Gasteiger charge is -2.15. The van der Waals surface area contributed by atoms with Crippen molar-refractivity contribution in [3.8, 4) is 55.9 Å². The SMILES string of the molecule is c1ccc(-c2cc(-c3cccc(-c4cccc5ccccc45)c3)cc(-n3c4ccccc4c4ccc(-c5ccc6c7ccccc7n(-c7ccccc7)c6c5)cc43)c2)cc1. The molecular weight excluding hydrogens is 725 g/mol. The summed E-state index contributed by atoms with van der Waals surface area (Å²) < 4.78 is 4.87. The summed E-state index contributed by atoms with van der Waals surface area (Å²) in [6.07, 6.45) is 0. The van der Waals surface area contributed by atoms with E-state index in [2.05, 4.69) is 240 Å². The van der Waals surface area contributed by atoms with E-state index in [1.807, 2.05) is 0 Å². The van der Waals surface area contributed by atoms with Crippen LogP contribution in [0.15, 0.2) is 231 Å². The van der Waals surface area contributed by atoms with Crippen LogP contribution < -0.4 is 0 Å². The fourth-order valence-corrected chi connectivity index (χ4v) is 9.48. The van der Waals surface area contributed by atoms with Crippen LogP contribution in [0.2, 0.25) is 0 Å². The first-order chi connectivity index (χ1) is 29.7. The number of benzene rings is 10. The Hall–Kier alpha value is -7.94. The Morgan fingerprint density at radius 3 is 1.35 bits per heavy atom. The highest BCUT2D eigenvalue weighted by Gasteiger charge is 2.18. The highest BCUT2D eigenvalue weighted by atomic mass is 15.0. The lowest BCUT2D eigenvalue weighted by atomic mass is 9.93. The first-order valence-electron chi connectivity index (χ1n) is 20.7. The summed E-state index contributed by atoms with van der Waals surface area (Å²) in [5.41, 5.74) is 16.6. The molecule has 0 saturated heterocycles. The molecule has 0 aliphatic heterocycles. The van der Waals surface area contributed by atoms with E-state index in [-0.39, 0.29) is 0 Å². The summed E-state index contributed by atoms with van der Waals surface area (Å²) in [7, 11) is 0. The van der Waals surface area contributed by atoms with E-state index in [4.69, 9.17) is 0 Å². The monoisotopic (exact) mass is 762 g/mol. The highest BCUT2D eigenvalue weighted by Crippen LogP contribution is 2.40. The van der Waals surface area contributed by atoms with Crippen molar-refractivity contribution < 1.29 is 0 Å². The zero-order chi connectivity index (χ0) is 39.6. The van der Waals surface area contributed by atoms with Crippen molar-refractivity contribution in [1.29, 1.82) is 0 Å². The van der Waals surface area contributed by atoms with Crippen LogP contribution in [0.3, 0.4) is 0 Å². The van der Waals surface area contributed by atoms with Crippen LogP contribution in [0.1, 0.15) is 0 Å². The Bertz CT molecular complexity index is 3580. The molecule has 0 aliphatic carbocycles. The van der Waals surface area contributed by atoms with E-state index in [0.717, 1.165) is 11.4 Å². The number of para-hydroxylation sites is 3. The number of nitrogens with zero attached hydrogens (tertiary/aromatic N) is 2. The van der Waals surface area contributed by atoms with Gasteiger partial charge < -0.3 is 9.13 Å². The molecule has 0 aliphatic rings. The van der Waals surface area contributed by atoms with E-state index in [1.54, 1.807) is 0 Å². The van der Waals surface area contributed by atoms with Gasteiger partial charge in [0, 0.05) is 32.9 Å². The molecule has 0 amide bonds. The molecule has 0 radical (unpaired) electrons. The largest absolute Gasteiger partial charge is 0.309 e. The molecule has 280 valence electrons. The average molecular weight is 763 g/mol. The molecule has 0 atom stereocenters. The smallest absolute Gasteiger partial charge is 0.0547 e. The predicted octanol–water partition coefficient (Wildman–Crippen LogP) is 15.7. The molecule has 60 heavy (non-hydrogen) atoms. The van der Waals surface area contributed by atoms with Crippen molar-refractivity contribution in [2.45, 2.75) is 0 Å². The van der Waals surface area contributed by atoms with Crippen molar-refractivity contribution in [2.24, 2.45) is 0 Å². The third-order valence-corrected chi connectivity index (χ3v) is 12.3. The topological polar surface area (TPSA) is 9.86 Å². The molecular formula is C58H38N2. The fraction of sp³-hybridized carbons (Fsp3) is 0. The molecule has 0 bridgehead atoms. The maximum Gasteiger partial charge on any atom is 0.0547 e. The van der Waals surface area contributed by atoms with Crippen LogP contribution in [-0.2, 0) is 0 Å². The number of fused-ring (bicyclic) bond motifs is 7. The normalized spacial score (nSPS) is 11.7. The standard InChI is InChI=1S/C58H38N2/c1-3-15-39(16-4-1)45-34-46(41-19-13-20-44(33-41)50-26-14-18-40-17-7-8-23-49(40)50)36-48(35-45)60-56-28-12-10-25-52(56)54-32-30-43(38-58(54)60)42-29-31-53-51-24-9-11-27-55(51)59(57(53)37-42)47-21-5-2-6-22-47/h1-38H. The Morgan fingerprint density at radius 2 is 0.667 bits per heavy atom. The van der Waals surface area contributed by atoms with Crippen molar-refractivity contribution >= 4 is 54.4 Å². The quantitative estimate of drug-likeness (QED) is 0.160. The minimum absolute atomic E-state index is 1.13. The van der Waals surface area contributed by atoms with Gasteiger partial charge in [-0.2, -0.15) is 0 Å². The predicted molar refractivity (Wildman–Crippen MR) is 254 cm³/mol. The first kappa shape index (κ1) is 34.1. The second-order valence-corrected chi connectivity index (χ2v) is 15.7. The lowest BCUT2D eigenvalue weighted by Crippen LogP contribution is -1.96. The summed E-state index contributed by atoms with van der Waals surface area (Å²) in [4.78, 5) is 0. The van der Waals surface area contributed by atoms with Gasteiger partial charge >= 0.3 is 0 Å². The third kappa shape index (κ3) is 5.57. The summed E-state index contributed by atoms with van der Waals surface area (Å²) in [6.45, 7) is 0. The summed E-state index contributed by atoms with van der Waals surface area (Å²) in [6, 6.07) is 84.4. The lowest BCUT2D eigenvalue weighted by molar-refractivity contribution is 1.18. The Labute approximate surface area is 348 Å². The maximum atomic E-state index is 2.47. The van der Waals surface area contributed by atoms with E-state index < -0.39 is 0 Å². The van der Waals surface area contributed by atoms with Gasteiger partial charge in [0.15, 0.2) is 0 Å². The summed E-state index contributed by atoms with van der Waals surface area (Å²) >= 11 is 0. The van der Waals surface area contributed by atoms with Gasteiger partial charge in [0.2, 0.25) is 0 Å². The van der Waals surface area contributed by atoms with Crippen LogP contribution in [0.5, 0.6) is 0 Å². The number of rotatable bonds is 6. The van der Waals surface area contributed by atoms with E-state index in [9.17, 15) is 0 Å². The molecule has 2 aromatic heterocycles. The molecule has 0 unspecified atom stereocenters. The minimum atomic E-state index is 1.13. The molecule has 0 fully saturated rings. The van der Waals surface area contributed by atoms with E-state index in [1.165, 1.54) is 98.9 Å². The second kappa shape index (κ2) is 13.9. The molecule has 2 heterocycles. The number of hydrogen-bond donors (Lipinski definition) is 0. The molecule has 2 heteroatoms. The van der Waals surface area contributed by atoms with Crippen molar-refractivity contribution in [2.75, 3.05) is 0 Å². The Balaban J connectivity index is 1.07. The Morgan fingerprint density at radius 1 is 0.217 bits per heavy atom. The Kier molecular flexibility index (Phi) is 7.89. The molecule has 2 nitrogen and oxygen atoms in total. The van der Waals surface area contributed by atoms with Gasteiger partial charge in [0.25, 0.3) is 0 Å². The van der Waals surface area contributed by atoms with Crippen molar-refractivity contribution in [1.82, 2.24) is 9.13 Å². The molecule has 12 rings (SSSR count). The zero-order valence-electron chi connectivity index (χ0n) is 32.8. The first-order valence-corrected chi connectivity index (χ1v) is 20.7. The third-order valence-electron chi connectivity index (χ3n) is 12.3. The minimum Gasteiger partial charge on any atom is -0.309 e. The molecule has 12 aromatic rings. The van der Waals surface area contributed by atoms with E-state index >= 15 is 0 Å².